The monoisotopic (exact) mass is 298 g/mol. The van der Waals surface area contributed by atoms with Crippen molar-refractivity contribution in [3.63, 3.8) is 0 Å². The zero-order valence-electron chi connectivity index (χ0n) is 12.0. The molecule has 0 unspecified atom stereocenters. The van der Waals surface area contributed by atoms with Crippen LogP contribution in [-0.2, 0) is 10.0 Å². The van der Waals surface area contributed by atoms with Crippen LogP contribution in [0.1, 0.15) is 19.8 Å². The Morgan fingerprint density at radius 3 is 2.80 bits per heavy atom. The molecule has 1 aromatic rings. The molecule has 0 aliphatic heterocycles. The molecule has 112 valence electrons. The van der Waals surface area contributed by atoms with E-state index in [1.165, 1.54) is 19.0 Å². The largest absolute Gasteiger partial charge is 0.386 e. The average molecular weight is 298 g/mol. The lowest BCUT2D eigenvalue weighted by Gasteiger charge is -2.19. The number of nitrogens with one attached hydrogen (secondary N) is 2. The topological polar surface area (TPSA) is 74.3 Å². The molecule has 0 amide bonds. The molecule has 2 N–H and O–H groups in total. The van der Waals surface area contributed by atoms with Crippen LogP contribution in [0.4, 0.5) is 5.69 Å². The molecule has 1 fully saturated rings. The van der Waals surface area contributed by atoms with Crippen molar-refractivity contribution >= 4 is 15.7 Å². The van der Waals surface area contributed by atoms with Gasteiger partial charge in [-0.2, -0.15) is 0 Å². The van der Waals surface area contributed by atoms with Gasteiger partial charge in [0, 0.05) is 32.4 Å². The second-order valence-electron chi connectivity index (χ2n) is 4.86. The molecule has 2 rings (SSSR count). The summed E-state index contributed by atoms with van der Waals surface area (Å²) >= 11 is 0. The molecule has 20 heavy (non-hydrogen) atoms. The first-order valence-corrected chi connectivity index (χ1v) is 8.43. The van der Waals surface area contributed by atoms with E-state index in [4.69, 9.17) is 0 Å². The normalized spacial score (nSPS) is 15.6. The first-order chi connectivity index (χ1) is 9.58. The van der Waals surface area contributed by atoms with Crippen molar-refractivity contribution in [1.82, 2.24) is 14.6 Å². The van der Waals surface area contributed by atoms with E-state index in [0.717, 1.165) is 13.1 Å². The smallest absolute Gasteiger partial charge is 0.260 e. The SMILES string of the molecule is CCN(CCNS(=O)(=O)c1ncccc1NC)C1CC1. The molecule has 0 saturated heterocycles. The lowest BCUT2D eigenvalue weighted by molar-refractivity contribution is 0.282. The van der Waals surface area contributed by atoms with E-state index in [-0.39, 0.29) is 5.03 Å². The van der Waals surface area contributed by atoms with Crippen molar-refractivity contribution in [1.29, 1.82) is 0 Å². The van der Waals surface area contributed by atoms with Gasteiger partial charge in [-0.1, -0.05) is 6.92 Å². The van der Waals surface area contributed by atoms with Crippen molar-refractivity contribution in [3.8, 4) is 0 Å². The zero-order valence-corrected chi connectivity index (χ0v) is 12.8. The van der Waals surface area contributed by atoms with Crippen LogP contribution < -0.4 is 10.0 Å². The van der Waals surface area contributed by atoms with Crippen LogP contribution in [0.25, 0.3) is 0 Å². The molecular weight excluding hydrogens is 276 g/mol. The Balaban J connectivity index is 1.96. The maximum atomic E-state index is 12.2. The minimum atomic E-state index is -3.56. The third-order valence-corrected chi connectivity index (χ3v) is 4.87. The van der Waals surface area contributed by atoms with Gasteiger partial charge in [-0.25, -0.2) is 18.1 Å². The highest BCUT2D eigenvalue weighted by molar-refractivity contribution is 7.89. The summed E-state index contributed by atoms with van der Waals surface area (Å²) in [5, 5.41) is 2.90. The molecule has 1 heterocycles. The van der Waals surface area contributed by atoms with Gasteiger partial charge in [0.25, 0.3) is 10.0 Å². The van der Waals surface area contributed by atoms with Crippen molar-refractivity contribution in [2.75, 3.05) is 32.0 Å². The highest BCUT2D eigenvalue weighted by atomic mass is 32.2. The maximum absolute atomic E-state index is 12.2. The van der Waals surface area contributed by atoms with E-state index in [0.29, 0.717) is 18.3 Å². The molecular formula is C13H22N4O2S. The van der Waals surface area contributed by atoms with E-state index in [1.807, 2.05) is 0 Å². The van der Waals surface area contributed by atoms with Crippen LogP contribution in [-0.4, -0.2) is 51.0 Å². The third kappa shape index (κ3) is 3.68. The molecule has 0 atom stereocenters. The highest BCUT2D eigenvalue weighted by Crippen LogP contribution is 2.26. The summed E-state index contributed by atoms with van der Waals surface area (Å²) in [6, 6.07) is 4.05. The van der Waals surface area contributed by atoms with E-state index < -0.39 is 10.0 Å². The summed E-state index contributed by atoms with van der Waals surface area (Å²) in [6.07, 6.45) is 3.94. The average Bonchev–Trinajstić information content (AvgIpc) is 3.28. The summed E-state index contributed by atoms with van der Waals surface area (Å²) < 4.78 is 27.1. The lowest BCUT2D eigenvalue weighted by Crippen LogP contribution is -2.36. The van der Waals surface area contributed by atoms with Crippen LogP contribution >= 0.6 is 0 Å². The number of hydrogen-bond acceptors (Lipinski definition) is 5. The number of hydrogen-bond donors (Lipinski definition) is 2. The van der Waals surface area contributed by atoms with E-state index in [2.05, 4.69) is 26.8 Å². The predicted octanol–water partition coefficient (Wildman–Crippen LogP) is 0.886. The van der Waals surface area contributed by atoms with Gasteiger partial charge >= 0.3 is 0 Å². The molecule has 0 aromatic carbocycles. The maximum Gasteiger partial charge on any atom is 0.260 e. The lowest BCUT2D eigenvalue weighted by atomic mass is 10.4. The van der Waals surface area contributed by atoms with Gasteiger partial charge in [-0.3, -0.25) is 4.90 Å². The minimum absolute atomic E-state index is 0.0528. The fraction of sp³-hybridized carbons (Fsp3) is 0.615. The van der Waals surface area contributed by atoms with Crippen molar-refractivity contribution in [2.24, 2.45) is 0 Å². The summed E-state index contributed by atoms with van der Waals surface area (Å²) in [5.74, 6) is 0. The number of anilines is 1. The number of pyridine rings is 1. The molecule has 1 aliphatic rings. The van der Waals surface area contributed by atoms with Gasteiger partial charge in [-0.05, 0) is 31.5 Å². The van der Waals surface area contributed by atoms with Gasteiger partial charge in [0.2, 0.25) is 0 Å². The molecule has 0 bridgehead atoms. The zero-order chi connectivity index (χ0) is 14.6. The van der Waals surface area contributed by atoms with E-state index >= 15 is 0 Å². The second kappa shape index (κ2) is 6.51. The number of aromatic nitrogens is 1. The predicted molar refractivity (Wildman–Crippen MR) is 79.2 cm³/mol. The Hall–Kier alpha value is -1.18. The molecule has 1 aliphatic carbocycles. The summed E-state index contributed by atoms with van der Waals surface area (Å²) in [7, 11) is -1.88. The third-order valence-electron chi connectivity index (χ3n) is 3.46. The summed E-state index contributed by atoms with van der Waals surface area (Å²) in [5.41, 5.74) is 0.509. The van der Waals surface area contributed by atoms with Gasteiger partial charge in [0.05, 0.1) is 5.69 Å². The van der Waals surface area contributed by atoms with Crippen LogP contribution in [0.3, 0.4) is 0 Å². The van der Waals surface area contributed by atoms with Gasteiger partial charge in [0.1, 0.15) is 0 Å². The summed E-state index contributed by atoms with van der Waals surface area (Å²) in [6.45, 7) is 4.21. The number of rotatable bonds is 8. The standard InChI is InChI=1S/C13H22N4O2S/c1-3-17(11-6-7-11)10-9-16-20(18,19)13-12(14-2)5-4-8-15-13/h4-5,8,11,14,16H,3,6-7,9-10H2,1-2H3. The number of likely N-dealkylation sites (N-methyl/N-ethyl adjacent to an activating group) is 1. The molecule has 0 radical (unpaired) electrons. The van der Waals surface area contributed by atoms with Crippen molar-refractivity contribution in [3.05, 3.63) is 18.3 Å². The Kier molecular flexibility index (Phi) is 4.95. The molecule has 0 spiro atoms. The highest BCUT2D eigenvalue weighted by Gasteiger charge is 2.28. The Morgan fingerprint density at radius 1 is 1.45 bits per heavy atom. The van der Waals surface area contributed by atoms with Gasteiger partial charge in [-0.15, -0.1) is 0 Å². The molecule has 1 aromatic heterocycles. The molecule has 6 nitrogen and oxygen atoms in total. The minimum Gasteiger partial charge on any atom is -0.386 e. The first-order valence-electron chi connectivity index (χ1n) is 6.95. The van der Waals surface area contributed by atoms with Gasteiger partial charge in [0.15, 0.2) is 5.03 Å². The van der Waals surface area contributed by atoms with Crippen LogP contribution in [0.15, 0.2) is 23.4 Å². The Morgan fingerprint density at radius 2 is 2.20 bits per heavy atom. The Bertz CT molecular complexity index is 543. The van der Waals surface area contributed by atoms with Crippen LogP contribution in [0, 0.1) is 0 Å². The Labute approximate surface area is 120 Å². The van der Waals surface area contributed by atoms with Crippen LogP contribution in [0.2, 0.25) is 0 Å². The van der Waals surface area contributed by atoms with E-state index in [1.54, 1.807) is 19.2 Å². The first kappa shape index (κ1) is 15.2. The van der Waals surface area contributed by atoms with Gasteiger partial charge < -0.3 is 5.32 Å². The van der Waals surface area contributed by atoms with E-state index in [9.17, 15) is 8.42 Å². The fourth-order valence-corrected chi connectivity index (χ4v) is 3.38. The molecule has 1 saturated carbocycles. The molecule has 7 heteroatoms. The van der Waals surface area contributed by atoms with Crippen molar-refractivity contribution < 1.29 is 8.42 Å². The quantitative estimate of drug-likeness (QED) is 0.745. The number of nitrogens with zero attached hydrogens (tertiary/aromatic N) is 2. The van der Waals surface area contributed by atoms with Crippen molar-refractivity contribution in [2.45, 2.75) is 30.8 Å². The fourth-order valence-electron chi connectivity index (χ4n) is 2.23. The second-order valence-corrected chi connectivity index (χ2v) is 6.55. The number of sulfonamides is 1. The van der Waals surface area contributed by atoms with Crippen LogP contribution in [0.5, 0.6) is 0 Å². The summed E-state index contributed by atoms with van der Waals surface area (Å²) in [4.78, 5) is 6.27.